The highest BCUT2D eigenvalue weighted by molar-refractivity contribution is 6.65. The van der Waals surface area contributed by atoms with E-state index in [2.05, 4.69) is 180 Å². The van der Waals surface area contributed by atoms with Gasteiger partial charge in [-0.1, -0.05) is 117 Å². The fourth-order valence-electron chi connectivity index (χ4n) is 7.37. The molecule has 0 spiro atoms. The van der Waals surface area contributed by atoms with E-state index in [4.69, 9.17) is 9.31 Å². The fourth-order valence-corrected chi connectivity index (χ4v) is 7.37. The summed E-state index contributed by atoms with van der Waals surface area (Å²) in [6.07, 6.45) is 0. The molecule has 1 fully saturated rings. The van der Waals surface area contributed by atoms with Gasteiger partial charge >= 0.3 is 7.12 Å². The smallest absolute Gasteiger partial charge is 0.399 e. The highest BCUT2D eigenvalue weighted by Crippen LogP contribution is 2.51. The number of fused-ring (bicyclic) bond motifs is 4. The molecule has 1 aliphatic heterocycles. The van der Waals surface area contributed by atoms with E-state index in [0.717, 1.165) is 33.3 Å². The van der Waals surface area contributed by atoms with Gasteiger partial charge in [-0.15, -0.1) is 0 Å². The molecule has 0 bridgehead atoms. The second-order valence-corrected chi connectivity index (χ2v) is 14.5. The van der Waals surface area contributed by atoms with Gasteiger partial charge in [0.15, 0.2) is 0 Å². The van der Waals surface area contributed by atoms with Crippen LogP contribution >= 0.6 is 0 Å². The molecule has 6 aromatic rings. The van der Waals surface area contributed by atoms with Gasteiger partial charge in [0, 0.05) is 22.2 Å². The molecule has 0 N–H and O–H groups in total. The van der Waals surface area contributed by atoms with E-state index >= 15 is 0 Å². The van der Waals surface area contributed by atoms with E-state index in [-0.39, 0.29) is 5.41 Å². The van der Waals surface area contributed by atoms with Gasteiger partial charge in [0.2, 0.25) is 0 Å². The summed E-state index contributed by atoms with van der Waals surface area (Å²) in [5.41, 5.74) is 11.2. The van der Waals surface area contributed by atoms with Crippen molar-refractivity contribution in [2.45, 2.75) is 58.2 Å². The zero-order valence-electron chi connectivity index (χ0n) is 28.0. The predicted octanol–water partition coefficient (Wildman–Crippen LogP) is 10.6. The summed E-state index contributed by atoms with van der Waals surface area (Å²) in [6, 6.07) is 48.4. The molecular formula is C43H40BNO2. The molecule has 2 aliphatic rings. The van der Waals surface area contributed by atoms with Crippen LogP contribution in [-0.4, -0.2) is 18.3 Å². The minimum absolute atomic E-state index is 0.104. The SMILES string of the molecule is CC1(C)c2ccccc2-c2ccc(N(c3ccc(-c4ccccc4)cc3)c3ccc(B4OC(C)(C)C(C)(C)O4)c4ccccc34)cc21. The van der Waals surface area contributed by atoms with Gasteiger partial charge in [-0.25, -0.2) is 0 Å². The van der Waals surface area contributed by atoms with E-state index < -0.39 is 18.3 Å². The summed E-state index contributed by atoms with van der Waals surface area (Å²) in [4.78, 5) is 2.41. The maximum Gasteiger partial charge on any atom is 0.495 e. The van der Waals surface area contributed by atoms with Crippen molar-refractivity contribution in [3.8, 4) is 22.3 Å². The van der Waals surface area contributed by atoms with Crippen molar-refractivity contribution in [2.75, 3.05) is 4.90 Å². The van der Waals surface area contributed by atoms with Crippen LogP contribution in [0.2, 0.25) is 0 Å². The summed E-state index contributed by atoms with van der Waals surface area (Å²) in [6.45, 7) is 13.1. The lowest BCUT2D eigenvalue weighted by atomic mass is 9.75. The van der Waals surface area contributed by atoms with Crippen LogP contribution in [0.25, 0.3) is 33.0 Å². The van der Waals surface area contributed by atoms with Crippen LogP contribution in [0.3, 0.4) is 0 Å². The Morgan fingerprint density at radius 1 is 0.489 bits per heavy atom. The van der Waals surface area contributed by atoms with Crippen LogP contribution in [0.4, 0.5) is 17.1 Å². The standard InChI is InChI=1S/C43H40BNO2/c1-41(2)37-19-13-12-16-33(37)34-25-24-32(28-38(34)41)45(31-22-20-30(21-23-31)29-14-8-7-9-15-29)40-27-26-39(35-17-10-11-18-36(35)40)44-46-42(3,4)43(5,6)47-44/h7-28H,1-6H3. The molecule has 0 amide bonds. The molecule has 0 atom stereocenters. The van der Waals surface area contributed by atoms with E-state index in [0.29, 0.717) is 0 Å². The van der Waals surface area contributed by atoms with Crippen molar-refractivity contribution < 1.29 is 9.31 Å². The molecule has 232 valence electrons. The molecule has 47 heavy (non-hydrogen) atoms. The molecule has 1 heterocycles. The third-order valence-electron chi connectivity index (χ3n) is 10.7. The zero-order chi connectivity index (χ0) is 32.6. The monoisotopic (exact) mass is 613 g/mol. The fraction of sp³-hybridized carbons (Fsp3) is 0.209. The van der Waals surface area contributed by atoms with Gasteiger partial charge in [-0.05, 0) is 102 Å². The predicted molar refractivity (Wildman–Crippen MR) is 197 cm³/mol. The lowest BCUT2D eigenvalue weighted by Crippen LogP contribution is -2.41. The van der Waals surface area contributed by atoms with Crippen LogP contribution in [0.5, 0.6) is 0 Å². The number of benzene rings is 6. The van der Waals surface area contributed by atoms with Crippen molar-refractivity contribution in [1.82, 2.24) is 0 Å². The molecule has 1 aliphatic carbocycles. The van der Waals surface area contributed by atoms with Crippen molar-refractivity contribution in [3.05, 3.63) is 145 Å². The highest BCUT2D eigenvalue weighted by Gasteiger charge is 2.52. The molecule has 0 saturated carbocycles. The van der Waals surface area contributed by atoms with Gasteiger partial charge < -0.3 is 14.2 Å². The molecule has 1 saturated heterocycles. The van der Waals surface area contributed by atoms with Gasteiger partial charge in [-0.3, -0.25) is 0 Å². The van der Waals surface area contributed by atoms with E-state index in [1.54, 1.807) is 0 Å². The summed E-state index contributed by atoms with van der Waals surface area (Å²) in [5, 5.41) is 2.28. The number of rotatable bonds is 5. The van der Waals surface area contributed by atoms with Crippen molar-refractivity contribution >= 4 is 40.4 Å². The summed E-state index contributed by atoms with van der Waals surface area (Å²) >= 11 is 0. The summed E-state index contributed by atoms with van der Waals surface area (Å²) in [5.74, 6) is 0. The molecule has 0 radical (unpaired) electrons. The second kappa shape index (κ2) is 10.7. The minimum Gasteiger partial charge on any atom is -0.399 e. The largest absolute Gasteiger partial charge is 0.495 e. The third kappa shape index (κ3) is 4.73. The van der Waals surface area contributed by atoms with Gasteiger partial charge in [-0.2, -0.15) is 0 Å². The lowest BCUT2D eigenvalue weighted by molar-refractivity contribution is 0.00578. The Hall–Kier alpha value is -4.64. The van der Waals surface area contributed by atoms with E-state index in [1.807, 2.05) is 0 Å². The van der Waals surface area contributed by atoms with Crippen LogP contribution in [-0.2, 0) is 14.7 Å². The first-order valence-corrected chi connectivity index (χ1v) is 16.6. The Labute approximate surface area is 278 Å². The molecular weight excluding hydrogens is 573 g/mol. The lowest BCUT2D eigenvalue weighted by Gasteiger charge is -2.32. The molecule has 4 heteroatoms. The number of nitrogens with zero attached hydrogens (tertiary/aromatic N) is 1. The molecule has 8 rings (SSSR count). The van der Waals surface area contributed by atoms with E-state index in [9.17, 15) is 0 Å². The average Bonchev–Trinajstić information content (AvgIpc) is 3.45. The zero-order valence-corrected chi connectivity index (χ0v) is 28.0. The van der Waals surface area contributed by atoms with Gasteiger partial charge in [0.1, 0.15) is 0 Å². The third-order valence-corrected chi connectivity index (χ3v) is 10.7. The van der Waals surface area contributed by atoms with Crippen molar-refractivity contribution in [1.29, 1.82) is 0 Å². The highest BCUT2D eigenvalue weighted by atomic mass is 16.7. The normalized spacial score (nSPS) is 17.0. The molecule has 0 unspecified atom stereocenters. The molecule has 6 aromatic carbocycles. The van der Waals surface area contributed by atoms with Crippen LogP contribution < -0.4 is 10.4 Å². The number of hydrogen-bond acceptors (Lipinski definition) is 3. The maximum atomic E-state index is 6.55. The van der Waals surface area contributed by atoms with Crippen LogP contribution in [0, 0.1) is 0 Å². The first kappa shape index (κ1) is 29.7. The first-order chi connectivity index (χ1) is 22.5. The molecule has 0 aromatic heterocycles. The van der Waals surface area contributed by atoms with Crippen LogP contribution in [0.15, 0.2) is 133 Å². The Bertz CT molecular complexity index is 2120. The van der Waals surface area contributed by atoms with Crippen molar-refractivity contribution in [2.24, 2.45) is 0 Å². The maximum absolute atomic E-state index is 6.55. The second-order valence-electron chi connectivity index (χ2n) is 14.5. The Morgan fingerprint density at radius 2 is 1.06 bits per heavy atom. The minimum atomic E-state index is -0.447. The average molecular weight is 614 g/mol. The van der Waals surface area contributed by atoms with Gasteiger partial charge in [0.25, 0.3) is 0 Å². The summed E-state index contributed by atoms with van der Waals surface area (Å²) in [7, 11) is -0.447. The quantitative estimate of drug-likeness (QED) is 0.181. The Kier molecular flexibility index (Phi) is 6.77. The van der Waals surface area contributed by atoms with Gasteiger partial charge in [0.05, 0.1) is 16.9 Å². The summed E-state index contributed by atoms with van der Waals surface area (Å²) < 4.78 is 13.1. The number of anilines is 3. The van der Waals surface area contributed by atoms with Crippen LogP contribution in [0.1, 0.15) is 52.7 Å². The Morgan fingerprint density at radius 3 is 1.79 bits per heavy atom. The van der Waals surface area contributed by atoms with E-state index in [1.165, 1.54) is 33.4 Å². The first-order valence-electron chi connectivity index (χ1n) is 16.6. The van der Waals surface area contributed by atoms with Crippen molar-refractivity contribution in [3.63, 3.8) is 0 Å². The molecule has 3 nitrogen and oxygen atoms in total. The number of hydrogen-bond donors (Lipinski definition) is 0. The topological polar surface area (TPSA) is 21.7 Å². The Balaban J connectivity index is 1.30.